The summed E-state index contributed by atoms with van der Waals surface area (Å²) in [5.74, 6) is -0.125. The van der Waals surface area contributed by atoms with Gasteiger partial charge < -0.3 is 5.32 Å². The first-order valence-electron chi connectivity index (χ1n) is 5.60. The molecule has 0 saturated carbocycles. The van der Waals surface area contributed by atoms with Gasteiger partial charge in [0.15, 0.2) is 5.78 Å². The van der Waals surface area contributed by atoms with Gasteiger partial charge in [-0.1, -0.05) is 20.8 Å². The fraction of sp³-hybridized carbons (Fsp3) is 0.538. The summed E-state index contributed by atoms with van der Waals surface area (Å²) >= 11 is 1.46. The topological polar surface area (TPSA) is 46.2 Å². The van der Waals surface area contributed by atoms with Crippen molar-refractivity contribution in [1.82, 2.24) is 5.32 Å². The van der Waals surface area contributed by atoms with Gasteiger partial charge in [-0.15, -0.1) is 11.3 Å². The predicted molar refractivity (Wildman–Crippen MR) is 70.6 cm³/mol. The molecule has 94 valence electrons. The maximum absolute atomic E-state index is 11.8. The molecule has 0 bridgehead atoms. The Morgan fingerprint density at radius 3 is 2.29 bits per heavy atom. The van der Waals surface area contributed by atoms with Crippen LogP contribution in [0.25, 0.3) is 0 Å². The Morgan fingerprint density at radius 1 is 1.29 bits per heavy atom. The summed E-state index contributed by atoms with van der Waals surface area (Å²) in [7, 11) is 0. The van der Waals surface area contributed by atoms with E-state index >= 15 is 0 Å². The monoisotopic (exact) mass is 253 g/mol. The molecule has 3 nitrogen and oxygen atoms in total. The Labute approximate surface area is 106 Å². The molecule has 4 heteroatoms. The number of carbonyl (C=O) groups excluding carboxylic acids is 2. The maximum Gasteiger partial charge on any atom is 0.261 e. The van der Waals surface area contributed by atoms with Crippen LogP contribution < -0.4 is 5.32 Å². The van der Waals surface area contributed by atoms with Gasteiger partial charge in [0.1, 0.15) is 0 Å². The molecule has 0 saturated heterocycles. The molecule has 1 N–H and O–H groups in total. The minimum Gasteiger partial charge on any atom is -0.344 e. The van der Waals surface area contributed by atoms with E-state index in [2.05, 4.69) is 5.32 Å². The highest BCUT2D eigenvalue weighted by Crippen LogP contribution is 2.20. The van der Waals surface area contributed by atoms with E-state index in [0.29, 0.717) is 4.88 Å². The SMILES string of the molecule is Cc1cc(C(=O)NCC(=O)C(C)(C)C)sc1C. The number of aryl methyl sites for hydroxylation is 2. The molecule has 0 aliphatic rings. The molecular weight excluding hydrogens is 234 g/mol. The van der Waals surface area contributed by atoms with Gasteiger partial charge in [-0.3, -0.25) is 9.59 Å². The number of hydrogen-bond donors (Lipinski definition) is 1. The number of nitrogens with one attached hydrogen (secondary N) is 1. The smallest absolute Gasteiger partial charge is 0.261 e. The number of ketones is 1. The van der Waals surface area contributed by atoms with E-state index in [1.165, 1.54) is 11.3 Å². The van der Waals surface area contributed by atoms with E-state index in [0.717, 1.165) is 10.4 Å². The Kier molecular flexibility index (Phi) is 4.09. The van der Waals surface area contributed by atoms with Crippen LogP contribution in [0.15, 0.2) is 6.07 Å². The number of amides is 1. The number of Topliss-reactive ketones (excluding diaryl/α,β-unsaturated/α-hetero) is 1. The van der Waals surface area contributed by atoms with Crippen LogP contribution in [0.1, 0.15) is 40.9 Å². The van der Waals surface area contributed by atoms with E-state index in [-0.39, 0.29) is 18.2 Å². The van der Waals surface area contributed by atoms with Gasteiger partial charge in [0.05, 0.1) is 11.4 Å². The zero-order chi connectivity index (χ0) is 13.2. The highest BCUT2D eigenvalue weighted by molar-refractivity contribution is 7.14. The van der Waals surface area contributed by atoms with Gasteiger partial charge in [0.25, 0.3) is 5.91 Å². The molecule has 0 radical (unpaired) electrons. The van der Waals surface area contributed by atoms with Crippen molar-refractivity contribution in [1.29, 1.82) is 0 Å². The minimum atomic E-state index is -0.408. The Morgan fingerprint density at radius 2 is 1.88 bits per heavy atom. The first-order valence-corrected chi connectivity index (χ1v) is 6.42. The van der Waals surface area contributed by atoms with Gasteiger partial charge in [-0.25, -0.2) is 0 Å². The molecule has 0 spiro atoms. The summed E-state index contributed by atoms with van der Waals surface area (Å²) in [4.78, 5) is 25.3. The van der Waals surface area contributed by atoms with E-state index in [1.54, 1.807) is 0 Å². The molecule has 0 aliphatic carbocycles. The zero-order valence-corrected chi connectivity index (χ0v) is 11.8. The number of thiophene rings is 1. The van der Waals surface area contributed by atoms with Crippen LogP contribution >= 0.6 is 11.3 Å². The van der Waals surface area contributed by atoms with E-state index in [9.17, 15) is 9.59 Å². The van der Waals surface area contributed by atoms with E-state index < -0.39 is 5.41 Å². The van der Waals surface area contributed by atoms with Crippen molar-refractivity contribution in [3.63, 3.8) is 0 Å². The lowest BCUT2D eigenvalue weighted by Gasteiger charge is -2.16. The second-order valence-electron chi connectivity index (χ2n) is 5.21. The average molecular weight is 253 g/mol. The van der Waals surface area contributed by atoms with Crippen molar-refractivity contribution >= 4 is 23.0 Å². The minimum absolute atomic E-state index is 0.0378. The van der Waals surface area contributed by atoms with E-state index in [1.807, 2.05) is 40.7 Å². The molecule has 1 aromatic heterocycles. The van der Waals surface area contributed by atoms with E-state index in [4.69, 9.17) is 0 Å². The fourth-order valence-corrected chi connectivity index (χ4v) is 2.15. The number of carbonyl (C=O) groups is 2. The average Bonchev–Trinajstić information content (AvgIpc) is 2.54. The van der Waals surface area contributed by atoms with Gasteiger partial charge >= 0.3 is 0 Å². The lowest BCUT2D eigenvalue weighted by molar-refractivity contribution is -0.125. The Bertz CT molecular complexity index is 421. The van der Waals surface area contributed by atoms with Crippen molar-refractivity contribution in [2.45, 2.75) is 34.6 Å². The molecule has 1 heterocycles. The molecular formula is C13H19NO2S. The lowest BCUT2D eigenvalue weighted by atomic mass is 9.91. The summed E-state index contributed by atoms with van der Waals surface area (Å²) < 4.78 is 0. The standard InChI is InChI=1S/C13H19NO2S/c1-8-6-10(17-9(8)2)12(16)14-7-11(15)13(3,4)5/h6H,7H2,1-5H3,(H,14,16). The van der Waals surface area contributed by atoms with Crippen molar-refractivity contribution < 1.29 is 9.59 Å². The molecule has 0 aromatic carbocycles. The Hall–Kier alpha value is -1.16. The lowest BCUT2D eigenvalue weighted by Crippen LogP contribution is -2.35. The van der Waals surface area contributed by atoms with Crippen LogP contribution in [0.3, 0.4) is 0 Å². The summed E-state index contributed by atoms with van der Waals surface area (Å²) in [6.45, 7) is 9.60. The quantitative estimate of drug-likeness (QED) is 0.900. The normalized spacial score (nSPS) is 11.4. The van der Waals surface area contributed by atoms with Crippen molar-refractivity contribution in [2.24, 2.45) is 5.41 Å². The Balaban J connectivity index is 2.60. The third kappa shape index (κ3) is 3.66. The summed E-state index contributed by atoms with van der Waals surface area (Å²) in [5, 5.41) is 2.67. The first kappa shape index (κ1) is 13.9. The van der Waals surface area contributed by atoms with Crippen LogP contribution in [0.4, 0.5) is 0 Å². The van der Waals surface area contributed by atoms with Crippen molar-refractivity contribution in [2.75, 3.05) is 6.54 Å². The van der Waals surface area contributed by atoms with Gasteiger partial charge in [-0.2, -0.15) is 0 Å². The predicted octanol–water partition coefficient (Wildman–Crippen LogP) is 2.71. The van der Waals surface area contributed by atoms with Gasteiger partial charge in [0.2, 0.25) is 0 Å². The van der Waals surface area contributed by atoms with Crippen LogP contribution in [-0.4, -0.2) is 18.2 Å². The van der Waals surface area contributed by atoms with Crippen molar-refractivity contribution in [3.05, 3.63) is 21.4 Å². The summed E-state index contributed by atoms with van der Waals surface area (Å²) in [6.07, 6.45) is 0. The maximum atomic E-state index is 11.8. The molecule has 1 amide bonds. The van der Waals surface area contributed by atoms with Crippen LogP contribution in [0.2, 0.25) is 0 Å². The van der Waals surface area contributed by atoms with Gasteiger partial charge in [0, 0.05) is 10.3 Å². The molecule has 17 heavy (non-hydrogen) atoms. The van der Waals surface area contributed by atoms with Crippen molar-refractivity contribution in [3.8, 4) is 0 Å². The summed E-state index contributed by atoms with van der Waals surface area (Å²) in [5.41, 5.74) is 0.705. The van der Waals surface area contributed by atoms with Crippen LogP contribution in [0.5, 0.6) is 0 Å². The first-order chi connectivity index (χ1) is 7.71. The summed E-state index contributed by atoms with van der Waals surface area (Å²) in [6, 6.07) is 1.86. The number of rotatable bonds is 3. The molecule has 0 atom stereocenters. The van der Waals surface area contributed by atoms with Gasteiger partial charge in [-0.05, 0) is 25.5 Å². The van der Waals surface area contributed by atoms with Crippen LogP contribution in [0, 0.1) is 19.3 Å². The second-order valence-corrected chi connectivity index (χ2v) is 6.46. The molecule has 0 fully saturated rings. The highest BCUT2D eigenvalue weighted by Gasteiger charge is 2.21. The molecule has 0 unspecified atom stereocenters. The third-order valence-electron chi connectivity index (χ3n) is 2.64. The highest BCUT2D eigenvalue weighted by atomic mass is 32.1. The largest absolute Gasteiger partial charge is 0.344 e. The number of hydrogen-bond acceptors (Lipinski definition) is 3. The van der Waals surface area contributed by atoms with Crippen LogP contribution in [-0.2, 0) is 4.79 Å². The second kappa shape index (κ2) is 5.00. The molecule has 0 aliphatic heterocycles. The molecule has 1 rings (SSSR count). The third-order valence-corrected chi connectivity index (χ3v) is 3.79. The zero-order valence-electron chi connectivity index (χ0n) is 11.0. The fourth-order valence-electron chi connectivity index (χ4n) is 1.20. The molecule has 1 aromatic rings.